The van der Waals surface area contributed by atoms with Gasteiger partial charge in [-0.3, -0.25) is 10.1 Å². The summed E-state index contributed by atoms with van der Waals surface area (Å²) >= 11 is 0. The van der Waals surface area contributed by atoms with Crippen LogP contribution in [0.15, 0.2) is 73.3 Å². The molecule has 0 heterocycles. The molecule has 0 aliphatic rings. The van der Waals surface area contributed by atoms with Crippen LogP contribution in [-0.4, -0.2) is 17.5 Å². The maximum absolute atomic E-state index is 11.3. The minimum Gasteiger partial charge on any atom is -0.462 e. The molecule has 0 aliphatic carbocycles. The van der Waals surface area contributed by atoms with Crippen LogP contribution in [0.4, 0.5) is 5.69 Å². The molecular formula is C19H17NO4. The van der Waals surface area contributed by atoms with Crippen LogP contribution in [0.2, 0.25) is 0 Å². The number of hydrogen-bond acceptors (Lipinski definition) is 4. The first-order valence-electron chi connectivity index (χ1n) is 7.37. The predicted molar refractivity (Wildman–Crippen MR) is 92.5 cm³/mol. The molecular weight excluding hydrogens is 306 g/mol. The highest BCUT2D eigenvalue weighted by Crippen LogP contribution is 2.20. The zero-order valence-electron chi connectivity index (χ0n) is 13.0. The van der Waals surface area contributed by atoms with Crippen molar-refractivity contribution >= 4 is 17.7 Å². The van der Waals surface area contributed by atoms with Gasteiger partial charge in [0.1, 0.15) is 6.61 Å². The van der Waals surface area contributed by atoms with Crippen LogP contribution in [-0.2, 0) is 9.53 Å². The molecule has 1 unspecified atom stereocenters. The zero-order valence-corrected chi connectivity index (χ0v) is 13.0. The highest BCUT2D eigenvalue weighted by atomic mass is 16.6. The van der Waals surface area contributed by atoms with Crippen molar-refractivity contribution in [3.63, 3.8) is 0 Å². The molecule has 2 aromatic rings. The van der Waals surface area contributed by atoms with Gasteiger partial charge in [-0.2, -0.15) is 0 Å². The number of benzene rings is 2. The lowest BCUT2D eigenvalue weighted by Gasteiger charge is -2.13. The SMILES string of the molecule is C=CC(=O)OCC(/C=C/c1ccc([N+](=O)[O-])cc1)c1ccccc1. The highest BCUT2D eigenvalue weighted by Gasteiger charge is 2.10. The molecule has 0 N–H and O–H groups in total. The molecule has 0 saturated carbocycles. The Morgan fingerprint density at radius 3 is 2.42 bits per heavy atom. The topological polar surface area (TPSA) is 69.4 Å². The Morgan fingerprint density at radius 2 is 1.83 bits per heavy atom. The van der Waals surface area contributed by atoms with Crippen molar-refractivity contribution in [3.05, 3.63) is 94.6 Å². The van der Waals surface area contributed by atoms with E-state index in [0.29, 0.717) is 0 Å². The maximum Gasteiger partial charge on any atom is 0.330 e. The average molecular weight is 323 g/mol. The second kappa shape index (κ2) is 8.43. The quantitative estimate of drug-likeness (QED) is 0.332. The van der Waals surface area contributed by atoms with Crippen LogP contribution in [0.5, 0.6) is 0 Å². The summed E-state index contributed by atoms with van der Waals surface area (Å²) in [5, 5.41) is 10.7. The van der Waals surface area contributed by atoms with Gasteiger partial charge in [0.2, 0.25) is 0 Å². The van der Waals surface area contributed by atoms with E-state index in [4.69, 9.17) is 4.74 Å². The molecule has 0 aromatic heterocycles. The van der Waals surface area contributed by atoms with Gasteiger partial charge in [-0.05, 0) is 23.3 Å². The number of hydrogen-bond donors (Lipinski definition) is 0. The molecule has 1 atom stereocenters. The van der Waals surface area contributed by atoms with Crippen LogP contribution in [0.3, 0.4) is 0 Å². The van der Waals surface area contributed by atoms with E-state index in [0.717, 1.165) is 17.2 Å². The summed E-state index contributed by atoms with van der Waals surface area (Å²) in [4.78, 5) is 21.5. The first-order chi connectivity index (χ1) is 11.6. The van der Waals surface area contributed by atoms with Crippen LogP contribution < -0.4 is 0 Å². The number of ether oxygens (including phenoxy) is 1. The normalized spacial score (nSPS) is 11.8. The van der Waals surface area contributed by atoms with Crippen LogP contribution in [0.25, 0.3) is 6.08 Å². The lowest BCUT2D eigenvalue weighted by Crippen LogP contribution is -2.09. The highest BCUT2D eigenvalue weighted by molar-refractivity contribution is 5.81. The largest absolute Gasteiger partial charge is 0.462 e. The van der Waals surface area contributed by atoms with Crippen LogP contribution >= 0.6 is 0 Å². The Hall–Kier alpha value is -3.21. The molecule has 2 aromatic carbocycles. The number of nitro groups is 1. The molecule has 5 nitrogen and oxygen atoms in total. The van der Waals surface area contributed by atoms with Crippen LogP contribution in [0.1, 0.15) is 17.0 Å². The van der Waals surface area contributed by atoms with Crippen molar-refractivity contribution in [1.82, 2.24) is 0 Å². The van der Waals surface area contributed by atoms with Gasteiger partial charge in [0.25, 0.3) is 5.69 Å². The Bertz CT molecular complexity index is 736. The summed E-state index contributed by atoms with van der Waals surface area (Å²) in [7, 11) is 0. The summed E-state index contributed by atoms with van der Waals surface area (Å²) in [6.07, 6.45) is 4.89. The van der Waals surface area contributed by atoms with E-state index in [1.54, 1.807) is 12.1 Å². The maximum atomic E-state index is 11.3. The Morgan fingerprint density at radius 1 is 1.17 bits per heavy atom. The molecule has 0 bridgehead atoms. The summed E-state index contributed by atoms with van der Waals surface area (Å²) in [6.45, 7) is 3.57. The molecule has 2 rings (SSSR count). The number of carbonyl (C=O) groups excluding carboxylic acids is 1. The van der Waals surface area contributed by atoms with Crippen LogP contribution in [0, 0.1) is 10.1 Å². The fourth-order valence-corrected chi connectivity index (χ4v) is 2.13. The van der Waals surface area contributed by atoms with Gasteiger partial charge in [0.05, 0.1) is 4.92 Å². The second-order valence-electron chi connectivity index (χ2n) is 5.06. The number of carbonyl (C=O) groups is 1. The molecule has 0 spiro atoms. The standard InChI is InChI=1S/C19H17NO4/c1-2-19(21)24-14-17(16-6-4-3-5-7-16)11-8-15-9-12-18(13-10-15)20(22)23/h2-13,17H,1,14H2/b11-8+. The van der Waals surface area contributed by atoms with Gasteiger partial charge in [0, 0.05) is 24.1 Å². The monoisotopic (exact) mass is 323 g/mol. The van der Waals surface area contributed by atoms with Gasteiger partial charge in [-0.1, -0.05) is 49.1 Å². The minimum absolute atomic E-state index is 0.0478. The summed E-state index contributed by atoms with van der Waals surface area (Å²) in [6, 6.07) is 15.9. The molecule has 0 saturated heterocycles. The van der Waals surface area contributed by atoms with E-state index >= 15 is 0 Å². The van der Waals surface area contributed by atoms with E-state index in [2.05, 4.69) is 6.58 Å². The number of non-ortho nitro benzene ring substituents is 1. The third kappa shape index (κ3) is 4.91. The first kappa shape index (κ1) is 17.1. The Balaban J connectivity index is 2.15. The number of esters is 1. The van der Waals surface area contributed by atoms with Gasteiger partial charge in [0.15, 0.2) is 0 Å². The molecule has 0 amide bonds. The smallest absolute Gasteiger partial charge is 0.330 e. The van der Waals surface area contributed by atoms with E-state index in [1.165, 1.54) is 12.1 Å². The summed E-state index contributed by atoms with van der Waals surface area (Å²) in [5.74, 6) is -0.593. The van der Waals surface area contributed by atoms with Gasteiger partial charge in [-0.15, -0.1) is 0 Å². The molecule has 0 radical (unpaired) electrons. The molecule has 0 fully saturated rings. The lowest BCUT2D eigenvalue weighted by atomic mass is 9.98. The molecule has 5 heteroatoms. The van der Waals surface area contributed by atoms with Crippen molar-refractivity contribution in [1.29, 1.82) is 0 Å². The van der Waals surface area contributed by atoms with Crippen molar-refractivity contribution in [3.8, 4) is 0 Å². The van der Waals surface area contributed by atoms with Gasteiger partial charge in [-0.25, -0.2) is 4.79 Å². The average Bonchev–Trinajstić information content (AvgIpc) is 2.62. The predicted octanol–water partition coefficient (Wildman–Crippen LogP) is 4.12. The summed E-state index contributed by atoms with van der Waals surface area (Å²) < 4.78 is 5.15. The van der Waals surface area contributed by atoms with Gasteiger partial charge < -0.3 is 4.74 Å². The second-order valence-corrected chi connectivity index (χ2v) is 5.06. The third-order valence-electron chi connectivity index (χ3n) is 3.42. The van der Waals surface area contributed by atoms with Crippen molar-refractivity contribution in [2.45, 2.75) is 5.92 Å². The Labute approximate surface area is 140 Å². The number of nitrogens with zero attached hydrogens (tertiary/aromatic N) is 1. The van der Waals surface area contributed by atoms with E-state index < -0.39 is 10.9 Å². The minimum atomic E-state index is -0.473. The van der Waals surface area contributed by atoms with Crippen molar-refractivity contribution in [2.24, 2.45) is 0 Å². The zero-order chi connectivity index (χ0) is 17.4. The fourth-order valence-electron chi connectivity index (χ4n) is 2.13. The van der Waals surface area contributed by atoms with Gasteiger partial charge >= 0.3 is 5.97 Å². The van der Waals surface area contributed by atoms with E-state index in [9.17, 15) is 14.9 Å². The fraction of sp³-hybridized carbons (Fsp3) is 0.105. The molecule has 0 aliphatic heterocycles. The lowest BCUT2D eigenvalue weighted by molar-refractivity contribution is -0.384. The number of rotatable bonds is 7. The van der Waals surface area contributed by atoms with Crippen molar-refractivity contribution in [2.75, 3.05) is 6.61 Å². The Kier molecular flexibility index (Phi) is 6.02. The van der Waals surface area contributed by atoms with E-state index in [1.807, 2.05) is 42.5 Å². The van der Waals surface area contributed by atoms with E-state index in [-0.39, 0.29) is 18.2 Å². The third-order valence-corrected chi connectivity index (χ3v) is 3.42. The molecule has 122 valence electrons. The molecule has 24 heavy (non-hydrogen) atoms. The van der Waals surface area contributed by atoms with Crippen molar-refractivity contribution < 1.29 is 14.5 Å². The first-order valence-corrected chi connectivity index (χ1v) is 7.37. The number of nitro benzene ring substituents is 1. The summed E-state index contributed by atoms with van der Waals surface area (Å²) in [5.41, 5.74) is 1.88.